The van der Waals surface area contributed by atoms with E-state index in [2.05, 4.69) is 38.8 Å². The predicted molar refractivity (Wildman–Crippen MR) is 134 cm³/mol. The third kappa shape index (κ3) is 4.57. The van der Waals surface area contributed by atoms with E-state index in [9.17, 15) is 9.59 Å². The summed E-state index contributed by atoms with van der Waals surface area (Å²) in [6.45, 7) is 0.630. The molecule has 3 aliphatic rings. The zero-order chi connectivity index (χ0) is 25.4. The molecule has 1 saturated carbocycles. The van der Waals surface area contributed by atoms with Crippen LogP contribution in [0.2, 0.25) is 0 Å². The molecule has 0 bridgehead atoms. The minimum absolute atomic E-state index is 0.0461. The number of aromatic nitrogens is 2. The Bertz CT molecular complexity index is 1400. The Hall–Kier alpha value is -4.49. The smallest absolute Gasteiger partial charge is 0.416 e. The molecule has 1 aliphatic carbocycles. The van der Waals surface area contributed by atoms with Crippen LogP contribution in [0.4, 0.5) is 16.4 Å². The topological polar surface area (TPSA) is 129 Å². The Balaban J connectivity index is 1.09. The Labute approximate surface area is 213 Å². The summed E-state index contributed by atoms with van der Waals surface area (Å²) < 4.78 is 11.1. The predicted octanol–water partition coefficient (Wildman–Crippen LogP) is 3.38. The lowest BCUT2D eigenvalue weighted by Crippen LogP contribution is -2.46. The van der Waals surface area contributed by atoms with Gasteiger partial charge in [0.25, 0.3) is 5.91 Å². The maximum absolute atomic E-state index is 12.8. The van der Waals surface area contributed by atoms with Crippen LogP contribution < -0.4 is 20.3 Å². The molecule has 2 aliphatic heterocycles. The second kappa shape index (κ2) is 9.52. The zero-order valence-electron chi connectivity index (χ0n) is 19.9. The number of nitrogens with zero attached hydrogens (tertiary/aromatic N) is 4. The van der Waals surface area contributed by atoms with Crippen LogP contribution in [0.15, 0.2) is 54.7 Å². The lowest BCUT2D eigenvalue weighted by atomic mass is 9.88. The molecule has 0 spiro atoms. The van der Waals surface area contributed by atoms with Gasteiger partial charge in [-0.1, -0.05) is 18.2 Å². The molecule has 6 rings (SSSR count). The van der Waals surface area contributed by atoms with E-state index in [-0.39, 0.29) is 30.7 Å². The van der Waals surface area contributed by atoms with Gasteiger partial charge in [0.2, 0.25) is 0 Å². The van der Waals surface area contributed by atoms with Gasteiger partial charge in [-0.15, -0.1) is 0 Å². The molecule has 1 saturated heterocycles. The number of benzene rings is 1. The van der Waals surface area contributed by atoms with Crippen molar-refractivity contribution in [3.63, 3.8) is 0 Å². The lowest BCUT2D eigenvalue weighted by molar-refractivity contribution is -0.118. The molecular formula is C27H24N6O4. The molecule has 2 N–H and O–H groups in total. The molecule has 37 heavy (non-hydrogen) atoms. The average Bonchev–Trinajstić information content (AvgIpc) is 3.26. The first-order valence-corrected chi connectivity index (χ1v) is 12.2. The first-order valence-electron chi connectivity index (χ1n) is 12.2. The molecule has 3 atom stereocenters. The van der Waals surface area contributed by atoms with Gasteiger partial charge in [0.1, 0.15) is 18.0 Å². The van der Waals surface area contributed by atoms with E-state index in [1.54, 1.807) is 29.3 Å². The van der Waals surface area contributed by atoms with E-state index in [0.29, 0.717) is 35.9 Å². The normalized spacial score (nSPS) is 22.2. The maximum Gasteiger partial charge on any atom is 0.416 e. The molecular weight excluding hydrogens is 472 g/mol. The van der Waals surface area contributed by atoms with E-state index in [1.807, 2.05) is 18.2 Å². The van der Waals surface area contributed by atoms with Gasteiger partial charge in [0.05, 0.1) is 17.3 Å². The monoisotopic (exact) mass is 496 g/mol. The van der Waals surface area contributed by atoms with Crippen molar-refractivity contribution in [1.29, 1.82) is 5.26 Å². The summed E-state index contributed by atoms with van der Waals surface area (Å²) in [5.41, 5.74) is 3.47. The van der Waals surface area contributed by atoms with Gasteiger partial charge in [-0.25, -0.2) is 9.78 Å². The van der Waals surface area contributed by atoms with Crippen LogP contribution in [0.1, 0.15) is 30.4 Å². The summed E-state index contributed by atoms with van der Waals surface area (Å²) in [6, 6.07) is 17.4. The van der Waals surface area contributed by atoms with Crippen molar-refractivity contribution >= 4 is 23.6 Å². The standard InChI is InChI=1S/C27H24N6O4/c28-12-17-4-6-20(30-14-17)18-3-1-2-16(10-18)13-29-19-5-7-21-23(11-19)37-27(35)33(21)24-9-8-22-26(31-24)32-25(34)15-36-22/h1-4,6,8-10,14,19,21,23,29H,5,7,11,13,15H2,(H,31,32,34)/t19-,21-,23-/m0/s1. The van der Waals surface area contributed by atoms with Gasteiger partial charge < -0.3 is 20.1 Å². The molecule has 186 valence electrons. The molecule has 0 radical (unpaired) electrons. The van der Waals surface area contributed by atoms with E-state index in [4.69, 9.17) is 14.7 Å². The van der Waals surface area contributed by atoms with Crippen LogP contribution in [0.5, 0.6) is 5.75 Å². The summed E-state index contributed by atoms with van der Waals surface area (Å²) >= 11 is 0. The SMILES string of the molecule is N#Cc1ccc(-c2cccc(CN[C@H]3CC[C@H]4[C@H](C3)OC(=O)N4c3ccc4c(n3)NC(=O)CO4)c2)nc1. The summed E-state index contributed by atoms with van der Waals surface area (Å²) in [5.74, 6) is 0.976. The lowest BCUT2D eigenvalue weighted by Gasteiger charge is -2.33. The number of hydrogen-bond acceptors (Lipinski definition) is 8. The zero-order valence-corrected chi connectivity index (χ0v) is 19.9. The molecule has 3 aromatic rings. The number of hydrogen-bond donors (Lipinski definition) is 2. The first-order chi connectivity index (χ1) is 18.1. The number of ether oxygens (including phenoxy) is 2. The molecule has 2 amide bonds. The van der Waals surface area contributed by atoms with Gasteiger partial charge in [-0.3, -0.25) is 14.7 Å². The van der Waals surface area contributed by atoms with Crippen LogP contribution >= 0.6 is 0 Å². The number of rotatable bonds is 5. The van der Waals surface area contributed by atoms with Crippen molar-refractivity contribution < 1.29 is 19.1 Å². The van der Waals surface area contributed by atoms with Crippen molar-refractivity contribution in [2.45, 2.75) is 44.0 Å². The number of carbonyl (C=O) groups is 2. The average molecular weight is 497 g/mol. The van der Waals surface area contributed by atoms with Gasteiger partial charge in [0, 0.05) is 30.8 Å². The number of fused-ring (bicyclic) bond motifs is 2. The third-order valence-electron chi connectivity index (χ3n) is 6.95. The van der Waals surface area contributed by atoms with Crippen LogP contribution in [0.25, 0.3) is 11.3 Å². The molecule has 4 heterocycles. The van der Waals surface area contributed by atoms with Gasteiger partial charge in [-0.05, 0) is 48.7 Å². The van der Waals surface area contributed by atoms with E-state index in [0.717, 1.165) is 29.7 Å². The Morgan fingerprint density at radius 3 is 2.92 bits per heavy atom. The second-order valence-electron chi connectivity index (χ2n) is 9.35. The van der Waals surface area contributed by atoms with Crippen molar-refractivity contribution in [2.24, 2.45) is 0 Å². The quantitative estimate of drug-likeness (QED) is 0.550. The molecule has 2 fully saturated rings. The highest BCUT2D eigenvalue weighted by Gasteiger charge is 2.46. The molecule has 10 nitrogen and oxygen atoms in total. The highest BCUT2D eigenvalue weighted by Crippen LogP contribution is 2.37. The number of anilines is 2. The highest BCUT2D eigenvalue weighted by molar-refractivity contribution is 5.95. The number of amides is 2. The number of pyridine rings is 2. The van der Waals surface area contributed by atoms with E-state index in [1.165, 1.54) is 0 Å². The van der Waals surface area contributed by atoms with Gasteiger partial charge in [0.15, 0.2) is 18.2 Å². The van der Waals surface area contributed by atoms with Crippen LogP contribution in [-0.4, -0.2) is 46.8 Å². The Morgan fingerprint density at radius 2 is 2.08 bits per heavy atom. The van der Waals surface area contributed by atoms with E-state index >= 15 is 0 Å². The molecule has 10 heteroatoms. The summed E-state index contributed by atoms with van der Waals surface area (Å²) in [6.07, 6.45) is 3.27. The van der Waals surface area contributed by atoms with Crippen LogP contribution in [0, 0.1) is 11.3 Å². The molecule has 0 unspecified atom stereocenters. The fourth-order valence-corrected chi connectivity index (χ4v) is 5.13. The van der Waals surface area contributed by atoms with Crippen molar-refractivity contribution in [2.75, 3.05) is 16.8 Å². The summed E-state index contributed by atoms with van der Waals surface area (Å²) in [4.78, 5) is 34.9. The Morgan fingerprint density at radius 1 is 1.16 bits per heavy atom. The van der Waals surface area contributed by atoms with Gasteiger partial charge in [-0.2, -0.15) is 5.26 Å². The number of nitrogens with one attached hydrogen (secondary N) is 2. The minimum atomic E-state index is -0.422. The van der Waals surface area contributed by atoms with E-state index < -0.39 is 6.09 Å². The largest absolute Gasteiger partial charge is 0.480 e. The van der Waals surface area contributed by atoms with Crippen LogP contribution in [-0.2, 0) is 16.1 Å². The van der Waals surface area contributed by atoms with Gasteiger partial charge >= 0.3 is 6.09 Å². The first kappa shape index (κ1) is 22.9. The van der Waals surface area contributed by atoms with Crippen molar-refractivity contribution in [1.82, 2.24) is 15.3 Å². The molecule has 1 aromatic carbocycles. The van der Waals surface area contributed by atoms with Crippen LogP contribution in [0.3, 0.4) is 0 Å². The second-order valence-corrected chi connectivity index (χ2v) is 9.35. The van der Waals surface area contributed by atoms with Crippen molar-refractivity contribution in [3.05, 3.63) is 65.9 Å². The number of nitriles is 1. The third-order valence-corrected chi connectivity index (χ3v) is 6.95. The summed E-state index contributed by atoms with van der Waals surface area (Å²) in [7, 11) is 0. The minimum Gasteiger partial charge on any atom is -0.480 e. The Kier molecular flexibility index (Phi) is 5.90. The summed E-state index contributed by atoms with van der Waals surface area (Å²) in [5, 5.41) is 15.3. The maximum atomic E-state index is 12.8. The fraction of sp³-hybridized carbons (Fsp3) is 0.296. The van der Waals surface area contributed by atoms with Crippen molar-refractivity contribution in [3.8, 4) is 23.1 Å². The fourth-order valence-electron chi connectivity index (χ4n) is 5.13. The number of carbonyl (C=O) groups excluding carboxylic acids is 2. The highest BCUT2D eigenvalue weighted by atomic mass is 16.6. The molecule has 2 aromatic heterocycles.